The molecule has 0 aromatic heterocycles. The van der Waals surface area contributed by atoms with Crippen molar-refractivity contribution < 1.29 is 9.13 Å². The van der Waals surface area contributed by atoms with Gasteiger partial charge in [-0.2, -0.15) is 0 Å². The van der Waals surface area contributed by atoms with Gasteiger partial charge in [-0.05, 0) is 88.9 Å². The fourth-order valence-electron chi connectivity index (χ4n) is 4.95. The number of ether oxygens (including phenoxy) is 1. The molecule has 0 heterocycles. The van der Waals surface area contributed by atoms with Gasteiger partial charge in [0.05, 0.1) is 6.10 Å². The normalized spacial score (nSPS) is 33.9. The average molecular weight is 325 g/mol. The van der Waals surface area contributed by atoms with E-state index in [2.05, 4.69) is 13.8 Å². The van der Waals surface area contributed by atoms with Crippen molar-refractivity contribution in [2.75, 3.05) is 13.3 Å². The second-order valence-corrected chi connectivity index (χ2v) is 7.82. The van der Waals surface area contributed by atoms with Crippen LogP contribution in [0.5, 0.6) is 0 Å². The van der Waals surface area contributed by atoms with E-state index < -0.39 is 0 Å². The van der Waals surface area contributed by atoms with Gasteiger partial charge in [-0.1, -0.05) is 25.0 Å². The van der Waals surface area contributed by atoms with Crippen molar-refractivity contribution in [3.05, 3.63) is 12.2 Å². The molecule has 1 nitrogen and oxygen atoms in total. The highest BCUT2D eigenvalue weighted by atomic mass is 19.1. The third-order valence-corrected chi connectivity index (χ3v) is 6.47. The summed E-state index contributed by atoms with van der Waals surface area (Å²) in [5.41, 5.74) is 0. The molecule has 0 aliphatic heterocycles. The number of alkyl halides is 1. The van der Waals surface area contributed by atoms with Gasteiger partial charge in [-0.3, -0.25) is 0 Å². The molecule has 0 saturated heterocycles. The minimum Gasteiger partial charge on any atom is -0.379 e. The Morgan fingerprint density at radius 2 is 1.57 bits per heavy atom. The van der Waals surface area contributed by atoms with Gasteiger partial charge >= 0.3 is 0 Å². The second-order valence-electron chi connectivity index (χ2n) is 7.82. The Balaban J connectivity index is 1.63. The molecule has 2 aliphatic carbocycles. The van der Waals surface area contributed by atoms with Crippen LogP contribution < -0.4 is 0 Å². The lowest BCUT2D eigenvalue weighted by Gasteiger charge is -2.39. The smallest absolute Gasteiger partial charge is 0.108 e. The molecule has 0 spiro atoms. The van der Waals surface area contributed by atoms with Gasteiger partial charge in [0.15, 0.2) is 0 Å². The van der Waals surface area contributed by atoms with Crippen molar-refractivity contribution >= 4 is 0 Å². The van der Waals surface area contributed by atoms with E-state index in [1.54, 1.807) is 6.08 Å². The Bertz CT molecular complexity index is 325. The molecular formula is C21H37FO. The summed E-state index contributed by atoms with van der Waals surface area (Å²) in [5.74, 6) is 3.65. The zero-order valence-electron chi connectivity index (χ0n) is 15.3. The van der Waals surface area contributed by atoms with Gasteiger partial charge in [0.1, 0.15) is 6.67 Å². The number of halogens is 1. The first-order valence-corrected chi connectivity index (χ1v) is 10.1. The van der Waals surface area contributed by atoms with Crippen molar-refractivity contribution in [2.45, 2.75) is 84.2 Å². The standard InChI is InChI=1S/C21H37FO/c1-3-23-17(2)19-12-14-21(15-13-19)20-10-8-18(9-11-20)7-5-4-6-16-22/h4,6,17-21H,3,5,7-16H2,1-2H3/b6-4+. The van der Waals surface area contributed by atoms with Crippen molar-refractivity contribution in [1.82, 2.24) is 0 Å². The van der Waals surface area contributed by atoms with Gasteiger partial charge < -0.3 is 4.74 Å². The fraction of sp³-hybridized carbons (Fsp3) is 0.905. The molecule has 134 valence electrons. The highest BCUT2D eigenvalue weighted by molar-refractivity contribution is 4.85. The van der Waals surface area contributed by atoms with Crippen LogP contribution in [0, 0.1) is 23.7 Å². The molecule has 2 rings (SSSR count). The van der Waals surface area contributed by atoms with Gasteiger partial charge in [0, 0.05) is 6.61 Å². The van der Waals surface area contributed by atoms with E-state index in [9.17, 15) is 4.39 Å². The molecule has 0 aromatic rings. The monoisotopic (exact) mass is 324 g/mol. The molecule has 1 unspecified atom stereocenters. The number of allylic oxidation sites excluding steroid dienone is 2. The van der Waals surface area contributed by atoms with E-state index >= 15 is 0 Å². The van der Waals surface area contributed by atoms with Crippen LogP contribution in [0.1, 0.15) is 78.1 Å². The van der Waals surface area contributed by atoms with Gasteiger partial charge in [0.25, 0.3) is 0 Å². The van der Waals surface area contributed by atoms with Crippen LogP contribution in [-0.4, -0.2) is 19.4 Å². The van der Waals surface area contributed by atoms with Crippen LogP contribution in [0.2, 0.25) is 0 Å². The quantitative estimate of drug-likeness (QED) is 0.474. The van der Waals surface area contributed by atoms with E-state index in [1.807, 2.05) is 6.08 Å². The molecule has 2 heteroatoms. The third kappa shape index (κ3) is 6.21. The maximum absolute atomic E-state index is 12.0. The molecule has 23 heavy (non-hydrogen) atoms. The topological polar surface area (TPSA) is 9.23 Å². The molecule has 0 radical (unpaired) electrons. The van der Waals surface area contributed by atoms with E-state index in [4.69, 9.17) is 4.74 Å². The van der Waals surface area contributed by atoms with Crippen molar-refractivity contribution in [3.63, 3.8) is 0 Å². The first kappa shape index (κ1) is 19.0. The van der Waals surface area contributed by atoms with Crippen molar-refractivity contribution in [1.29, 1.82) is 0 Å². The van der Waals surface area contributed by atoms with E-state index in [0.717, 1.165) is 36.7 Å². The van der Waals surface area contributed by atoms with Gasteiger partial charge in [-0.25, -0.2) is 4.39 Å². The molecule has 0 N–H and O–H groups in total. The van der Waals surface area contributed by atoms with Gasteiger partial charge in [-0.15, -0.1) is 0 Å². The minimum absolute atomic E-state index is 0.308. The first-order chi connectivity index (χ1) is 11.2. The van der Waals surface area contributed by atoms with E-state index in [0.29, 0.717) is 6.10 Å². The van der Waals surface area contributed by atoms with E-state index in [-0.39, 0.29) is 6.67 Å². The second kappa shape index (κ2) is 10.5. The summed E-state index contributed by atoms with van der Waals surface area (Å²) in [6.07, 6.45) is 17.8. The third-order valence-electron chi connectivity index (χ3n) is 6.47. The highest BCUT2D eigenvalue weighted by Gasteiger charge is 2.32. The molecule has 2 aliphatic rings. The number of rotatable bonds is 8. The molecule has 0 amide bonds. The Morgan fingerprint density at radius 1 is 0.957 bits per heavy atom. The van der Waals surface area contributed by atoms with E-state index in [1.165, 1.54) is 57.8 Å². The van der Waals surface area contributed by atoms with Crippen LogP contribution in [0.4, 0.5) is 4.39 Å². The SMILES string of the molecule is CCOC(C)C1CCC(C2CCC(CC/C=C/CF)CC2)CC1. The largest absolute Gasteiger partial charge is 0.379 e. The Kier molecular flexibility index (Phi) is 8.64. The highest BCUT2D eigenvalue weighted by Crippen LogP contribution is 2.43. The molecule has 0 aromatic carbocycles. The lowest BCUT2D eigenvalue weighted by atomic mass is 9.68. The zero-order valence-corrected chi connectivity index (χ0v) is 15.3. The van der Waals surface area contributed by atoms with Crippen LogP contribution in [-0.2, 0) is 4.74 Å². The summed E-state index contributed by atoms with van der Waals surface area (Å²) < 4.78 is 17.8. The minimum atomic E-state index is -0.308. The average Bonchev–Trinajstić information content (AvgIpc) is 2.60. The predicted molar refractivity (Wildman–Crippen MR) is 96.3 cm³/mol. The summed E-state index contributed by atoms with van der Waals surface area (Å²) in [5, 5.41) is 0. The zero-order chi connectivity index (χ0) is 16.5. The summed E-state index contributed by atoms with van der Waals surface area (Å²) in [7, 11) is 0. The fourth-order valence-corrected chi connectivity index (χ4v) is 4.95. The maximum Gasteiger partial charge on any atom is 0.108 e. The molecular weight excluding hydrogens is 287 g/mol. The van der Waals surface area contributed by atoms with Crippen LogP contribution >= 0.6 is 0 Å². The van der Waals surface area contributed by atoms with Crippen LogP contribution in [0.3, 0.4) is 0 Å². The first-order valence-electron chi connectivity index (χ1n) is 10.1. The summed E-state index contributed by atoms with van der Waals surface area (Å²) in [6.45, 7) is 4.91. The van der Waals surface area contributed by atoms with Gasteiger partial charge in [0.2, 0.25) is 0 Å². The molecule has 0 bridgehead atoms. The summed E-state index contributed by atoms with van der Waals surface area (Å²) >= 11 is 0. The molecule has 2 saturated carbocycles. The summed E-state index contributed by atoms with van der Waals surface area (Å²) in [6, 6.07) is 0. The van der Waals surface area contributed by atoms with Crippen molar-refractivity contribution in [2.24, 2.45) is 23.7 Å². The van der Waals surface area contributed by atoms with Crippen LogP contribution in [0.15, 0.2) is 12.2 Å². The number of hydrogen-bond donors (Lipinski definition) is 0. The Labute approximate surface area is 143 Å². The lowest BCUT2D eigenvalue weighted by Crippen LogP contribution is -2.30. The Hall–Kier alpha value is -0.370. The predicted octanol–water partition coefficient (Wildman–Crippen LogP) is 6.33. The Morgan fingerprint density at radius 3 is 2.13 bits per heavy atom. The number of hydrogen-bond acceptors (Lipinski definition) is 1. The lowest BCUT2D eigenvalue weighted by molar-refractivity contribution is 0.00799. The molecule has 1 atom stereocenters. The van der Waals surface area contributed by atoms with Crippen LogP contribution in [0.25, 0.3) is 0 Å². The summed E-state index contributed by atoms with van der Waals surface area (Å²) in [4.78, 5) is 0. The maximum atomic E-state index is 12.0. The molecule has 2 fully saturated rings. The van der Waals surface area contributed by atoms with Crippen molar-refractivity contribution in [3.8, 4) is 0 Å².